The highest BCUT2D eigenvalue weighted by Crippen LogP contribution is 2.41. The van der Waals surface area contributed by atoms with Gasteiger partial charge in [0.25, 0.3) is 0 Å². The molecule has 1 aliphatic rings. The van der Waals surface area contributed by atoms with Crippen LogP contribution in [0.25, 0.3) is 21.9 Å². The molecule has 0 radical (unpaired) electrons. The number of hydrogen-bond donors (Lipinski definition) is 1. The second kappa shape index (κ2) is 7.14. The van der Waals surface area contributed by atoms with Crippen molar-refractivity contribution in [1.82, 2.24) is 20.2 Å². The first-order chi connectivity index (χ1) is 14.6. The Bertz CT molecular complexity index is 1280. The molecule has 0 unspecified atom stereocenters. The molecule has 0 fully saturated rings. The number of methoxy groups -OCH3 is 1. The Hall–Kier alpha value is -3.39. The first-order valence-corrected chi connectivity index (χ1v) is 9.92. The van der Waals surface area contributed by atoms with Gasteiger partial charge in [0.1, 0.15) is 23.0 Å². The van der Waals surface area contributed by atoms with Gasteiger partial charge >= 0.3 is 5.97 Å². The summed E-state index contributed by atoms with van der Waals surface area (Å²) >= 11 is 5.94. The standard InChI is InChI=1S/C21H17ClN4O4/c1-29-21(28)17-9-13-12-4-2-3-5-14(12)23-19(13)20(26(17)18(27)10-22)11-6-7-15-16(8-11)25-30-24-15/h2-8,17,20,23H,9-10H2,1H3/t17-,20-/m1/s1. The molecule has 4 aromatic rings. The number of ether oxygens (including phenoxy) is 1. The van der Waals surface area contributed by atoms with Crippen LogP contribution in [-0.2, 0) is 20.7 Å². The fraction of sp³-hybridized carbons (Fsp3) is 0.238. The smallest absolute Gasteiger partial charge is 0.328 e. The van der Waals surface area contributed by atoms with E-state index in [2.05, 4.69) is 15.3 Å². The van der Waals surface area contributed by atoms with Gasteiger partial charge in [-0.05, 0) is 39.6 Å². The lowest BCUT2D eigenvalue weighted by Gasteiger charge is -2.40. The van der Waals surface area contributed by atoms with Gasteiger partial charge in [-0.15, -0.1) is 11.6 Å². The number of aromatic amines is 1. The van der Waals surface area contributed by atoms with Gasteiger partial charge in [0.05, 0.1) is 13.2 Å². The molecular weight excluding hydrogens is 408 g/mol. The number of aromatic nitrogens is 3. The number of para-hydroxylation sites is 1. The second-order valence-electron chi connectivity index (χ2n) is 7.16. The van der Waals surface area contributed by atoms with Crippen molar-refractivity contribution in [3.8, 4) is 0 Å². The Morgan fingerprint density at radius 1 is 1.23 bits per heavy atom. The molecule has 2 aromatic heterocycles. The molecule has 1 N–H and O–H groups in total. The molecule has 30 heavy (non-hydrogen) atoms. The third-order valence-corrected chi connectivity index (χ3v) is 5.83. The number of alkyl halides is 1. The van der Waals surface area contributed by atoms with Crippen molar-refractivity contribution in [2.75, 3.05) is 13.0 Å². The number of carbonyl (C=O) groups is 2. The van der Waals surface area contributed by atoms with E-state index in [0.29, 0.717) is 17.5 Å². The zero-order valence-corrected chi connectivity index (χ0v) is 16.7. The van der Waals surface area contributed by atoms with Gasteiger partial charge < -0.3 is 14.6 Å². The Morgan fingerprint density at radius 2 is 2.03 bits per heavy atom. The summed E-state index contributed by atoms with van der Waals surface area (Å²) in [6.45, 7) is 0. The number of H-pyrrole nitrogens is 1. The summed E-state index contributed by atoms with van der Waals surface area (Å²) in [5.74, 6) is -1.11. The van der Waals surface area contributed by atoms with E-state index >= 15 is 0 Å². The highest BCUT2D eigenvalue weighted by molar-refractivity contribution is 6.27. The fourth-order valence-electron chi connectivity index (χ4n) is 4.30. The summed E-state index contributed by atoms with van der Waals surface area (Å²) in [5.41, 5.74) is 4.67. The molecule has 0 bridgehead atoms. The highest BCUT2D eigenvalue weighted by Gasteiger charge is 2.43. The summed E-state index contributed by atoms with van der Waals surface area (Å²) in [4.78, 5) is 30.6. The predicted octanol–water partition coefficient (Wildman–Crippen LogP) is 2.96. The zero-order valence-electron chi connectivity index (χ0n) is 16.0. The number of hydrogen-bond acceptors (Lipinski definition) is 6. The lowest BCUT2D eigenvalue weighted by Crippen LogP contribution is -2.52. The van der Waals surface area contributed by atoms with Crippen LogP contribution in [0.3, 0.4) is 0 Å². The van der Waals surface area contributed by atoms with Crippen LogP contribution < -0.4 is 0 Å². The average Bonchev–Trinajstić information content (AvgIpc) is 3.40. The van der Waals surface area contributed by atoms with Crippen LogP contribution in [0.4, 0.5) is 0 Å². The minimum atomic E-state index is -0.802. The lowest BCUT2D eigenvalue weighted by atomic mass is 9.87. The lowest BCUT2D eigenvalue weighted by molar-refractivity contribution is -0.154. The average molecular weight is 425 g/mol. The minimum Gasteiger partial charge on any atom is -0.467 e. The zero-order chi connectivity index (χ0) is 20.8. The van der Waals surface area contributed by atoms with Crippen LogP contribution in [-0.4, -0.2) is 51.1 Å². The Kier molecular flexibility index (Phi) is 4.43. The van der Waals surface area contributed by atoms with E-state index in [-0.39, 0.29) is 11.8 Å². The Balaban J connectivity index is 1.78. The van der Waals surface area contributed by atoms with Gasteiger partial charge in [-0.25, -0.2) is 9.42 Å². The van der Waals surface area contributed by atoms with Gasteiger partial charge in [0.2, 0.25) is 5.91 Å². The molecule has 0 spiro atoms. The summed E-state index contributed by atoms with van der Waals surface area (Å²) in [5, 5.41) is 8.76. The van der Waals surface area contributed by atoms with E-state index in [9.17, 15) is 9.59 Å². The highest BCUT2D eigenvalue weighted by atomic mass is 35.5. The van der Waals surface area contributed by atoms with E-state index in [1.807, 2.05) is 30.3 Å². The maximum atomic E-state index is 12.9. The minimum absolute atomic E-state index is 0.257. The summed E-state index contributed by atoms with van der Waals surface area (Å²) in [6, 6.07) is 11.9. The van der Waals surface area contributed by atoms with Crippen molar-refractivity contribution in [1.29, 1.82) is 0 Å². The molecular formula is C21H17ClN4O4. The molecule has 0 saturated heterocycles. The molecule has 1 amide bonds. The van der Waals surface area contributed by atoms with E-state index in [4.69, 9.17) is 21.0 Å². The first kappa shape index (κ1) is 18.6. The molecule has 0 aliphatic carbocycles. The van der Waals surface area contributed by atoms with Gasteiger partial charge in [-0.2, -0.15) is 0 Å². The van der Waals surface area contributed by atoms with Crippen LogP contribution in [0.15, 0.2) is 47.1 Å². The Labute approximate surface area is 175 Å². The first-order valence-electron chi connectivity index (χ1n) is 9.39. The number of rotatable bonds is 3. The molecule has 2 atom stereocenters. The van der Waals surface area contributed by atoms with E-state index in [1.54, 1.807) is 12.1 Å². The fourth-order valence-corrected chi connectivity index (χ4v) is 4.44. The van der Waals surface area contributed by atoms with Crippen molar-refractivity contribution in [3.63, 3.8) is 0 Å². The molecule has 9 heteroatoms. The molecule has 0 saturated carbocycles. The van der Waals surface area contributed by atoms with Gasteiger partial charge in [-0.3, -0.25) is 4.79 Å². The molecule has 8 nitrogen and oxygen atoms in total. The monoisotopic (exact) mass is 424 g/mol. The number of benzene rings is 2. The maximum Gasteiger partial charge on any atom is 0.328 e. The summed E-state index contributed by atoms with van der Waals surface area (Å²) in [6.07, 6.45) is 0.332. The van der Waals surface area contributed by atoms with Gasteiger partial charge in [0.15, 0.2) is 0 Å². The number of fused-ring (bicyclic) bond motifs is 4. The maximum absolute atomic E-state index is 12.9. The van der Waals surface area contributed by atoms with Crippen LogP contribution in [0, 0.1) is 0 Å². The second-order valence-corrected chi connectivity index (χ2v) is 7.42. The van der Waals surface area contributed by atoms with Gasteiger partial charge in [0, 0.05) is 23.0 Å². The van der Waals surface area contributed by atoms with Crippen molar-refractivity contribution in [2.45, 2.75) is 18.5 Å². The van der Waals surface area contributed by atoms with Crippen LogP contribution >= 0.6 is 11.6 Å². The number of esters is 1. The third kappa shape index (κ3) is 2.75. The quantitative estimate of drug-likeness (QED) is 0.401. The normalized spacial score (nSPS) is 18.5. The van der Waals surface area contributed by atoms with Gasteiger partial charge in [-0.1, -0.05) is 24.3 Å². The molecule has 2 aromatic carbocycles. The molecule has 152 valence electrons. The van der Waals surface area contributed by atoms with Crippen molar-refractivity contribution < 1.29 is 19.0 Å². The van der Waals surface area contributed by atoms with E-state index in [0.717, 1.165) is 27.7 Å². The van der Waals surface area contributed by atoms with Crippen molar-refractivity contribution in [2.24, 2.45) is 0 Å². The summed E-state index contributed by atoms with van der Waals surface area (Å²) in [7, 11) is 1.32. The SMILES string of the molecule is COC(=O)[C@H]1Cc2c([nH]c3ccccc23)[C@@H](c2ccc3nonc3c2)N1C(=O)CCl. The number of nitrogens with one attached hydrogen (secondary N) is 1. The molecule has 1 aliphatic heterocycles. The topological polar surface area (TPSA) is 101 Å². The van der Waals surface area contributed by atoms with Crippen LogP contribution in [0.1, 0.15) is 22.9 Å². The largest absolute Gasteiger partial charge is 0.467 e. The van der Waals surface area contributed by atoms with Crippen molar-refractivity contribution in [3.05, 3.63) is 59.3 Å². The number of nitrogens with zero attached hydrogens (tertiary/aromatic N) is 3. The van der Waals surface area contributed by atoms with Crippen LogP contribution in [0.5, 0.6) is 0 Å². The van der Waals surface area contributed by atoms with E-state index < -0.39 is 18.1 Å². The molecule has 5 rings (SSSR count). The predicted molar refractivity (Wildman–Crippen MR) is 109 cm³/mol. The summed E-state index contributed by atoms with van der Waals surface area (Å²) < 4.78 is 9.85. The number of amides is 1. The van der Waals surface area contributed by atoms with E-state index in [1.165, 1.54) is 12.0 Å². The number of carbonyl (C=O) groups excluding carboxylic acids is 2. The Morgan fingerprint density at radius 3 is 2.83 bits per heavy atom. The molecule has 3 heterocycles. The van der Waals surface area contributed by atoms with Crippen LogP contribution in [0.2, 0.25) is 0 Å². The third-order valence-electron chi connectivity index (χ3n) is 5.60. The number of halogens is 1. The van der Waals surface area contributed by atoms with Crippen molar-refractivity contribution >= 4 is 45.4 Å².